The van der Waals surface area contributed by atoms with Crippen molar-refractivity contribution in [3.63, 3.8) is 0 Å². The van der Waals surface area contributed by atoms with Gasteiger partial charge >= 0.3 is 0 Å². The van der Waals surface area contributed by atoms with Gasteiger partial charge in [0.05, 0.1) is 17.0 Å². The molecule has 0 fully saturated rings. The molecule has 0 bridgehead atoms. The summed E-state index contributed by atoms with van der Waals surface area (Å²) in [5.41, 5.74) is 12.0. The zero-order chi connectivity index (χ0) is 36.8. The molecular formula is C51H32N4. The number of nitrogens with zero attached hydrogens (tertiary/aromatic N) is 4. The Balaban J connectivity index is 1.32. The van der Waals surface area contributed by atoms with Crippen LogP contribution in [-0.4, -0.2) is 15.0 Å². The monoisotopic (exact) mass is 700 g/mol. The van der Waals surface area contributed by atoms with Crippen LogP contribution in [0.15, 0.2) is 194 Å². The van der Waals surface area contributed by atoms with Crippen LogP contribution in [0.5, 0.6) is 0 Å². The Morgan fingerprint density at radius 3 is 1.44 bits per heavy atom. The van der Waals surface area contributed by atoms with Gasteiger partial charge in [-0.2, -0.15) is 5.26 Å². The summed E-state index contributed by atoms with van der Waals surface area (Å²) >= 11 is 0. The third-order valence-corrected chi connectivity index (χ3v) is 10.8. The SMILES string of the molecule is N#Cc1ccc(-c2ccc3c(c2)C(c2ccccc2)(c2ccccc2)c2cc(-c4nc(-c5ccccc5)nc(-c5ccccc5)n4)c4ccccc4c2-3)cc1. The molecule has 0 saturated carbocycles. The maximum atomic E-state index is 9.52. The van der Waals surface area contributed by atoms with E-state index in [2.05, 4.69) is 115 Å². The molecule has 0 aliphatic heterocycles. The lowest BCUT2D eigenvalue weighted by Crippen LogP contribution is -2.28. The van der Waals surface area contributed by atoms with Crippen LogP contribution in [0, 0.1) is 11.3 Å². The van der Waals surface area contributed by atoms with Crippen LogP contribution in [0.2, 0.25) is 0 Å². The van der Waals surface area contributed by atoms with Gasteiger partial charge in [-0.05, 0) is 79.5 Å². The summed E-state index contributed by atoms with van der Waals surface area (Å²) in [7, 11) is 0. The highest BCUT2D eigenvalue weighted by atomic mass is 15.0. The molecule has 0 N–H and O–H groups in total. The molecule has 1 heterocycles. The first kappa shape index (κ1) is 32.2. The van der Waals surface area contributed by atoms with Crippen molar-refractivity contribution in [1.82, 2.24) is 15.0 Å². The summed E-state index contributed by atoms with van der Waals surface area (Å²) in [5.74, 6) is 1.87. The largest absolute Gasteiger partial charge is 0.208 e. The summed E-state index contributed by atoms with van der Waals surface area (Å²) in [6, 6.07) is 69.9. The van der Waals surface area contributed by atoms with Crippen LogP contribution < -0.4 is 0 Å². The lowest BCUT2D eigenvalue weighted by molar-refractivity contribution is 0.769. The van der Waals surface area contributed by atoms with Crippen molar-refractivity contribution in [2.45, 2.75) is 5.41 Å². The molecule has 0 spiro atoms. The summed E-state index contributed by atoms with van der Waals surface area (Å²) in [6.45, 7) is 0. The third kappa shape index (κ3) is 5.25. The van der Waals surface area contributed by atoms with E-state index in [0.29, 0.717) is 23.0 Å². The molecule has 4 nitrogen and oxygen atoms in total. The number of benzene rings is 8. The molecule has 0 radical (unpaired) electrons. The Bertz CT molecular complexity index is 2800. The van der Waals surface area contributed by atoms with E-state index in [9.17, 15) is 5.26 Å². The first-order valence-corrected chi connectivity index (χ1v) is 18.4. The molecule has 0 amide bonds. The quantitative estimate of drug-likeness (QED) is 0.173. The van der Waals surface area contributed by atoms with Crippen LogP contribution in [0.1, 0.15) is 27.8 Å². The second-order valence-electron chi connectivity index (χ2n) is 13.9. The molecule has 55 heavy (non-hydrogen) atoms. The van der Waals surface area contributed by atoms with E-state index < -0.39 is 5.41 Å². The Labute approximate surface area is 319 Å². The minimum absolute atomic E-state index is 0.621. The van der Waals surface area contributed by atoms with Crippen LogP contribution >= 0.6 is 0 Å². The second-order valence-corrected chi connectivity index (χ2v) is 13.9. The van der Waals surface area contributed by atoms with Gasteiger partial charge < -0.3 is 0 Å². The molecule has 10 rings (SSSR count). The minimum Gasteiger partial charge on any atom is -0.208 e. The second kappa shape index (κ2) is 13.2. The number of fused-ring (bicyclic) bond motifs is 5. The number of rotatable bonds is 6. The number of hydrogen-bond acceptors (Lipinski definition) is 4. The molecule has 0 unspecified atom stereocenters. The number of aromatic nitrogens is 3. The van der Waals surface area contributed by atoms with Gasteiger partial charge in [-0.3, -0.25) is 0 Å². The zero-order valence-electron chi connectivity index (χ0n) is 29.8. The van der Waals surface area contributed by atoms with Crippen LogP contribution in [0.3, 0.4) is 0 Å². The maximum absolute atomic E-state index is 9.52. The topological polar surface area (TPSA) is 62.5 Å². The first-order chi connectivity index (χ1) is 27.2. The highest BCUT2D eigenvalue weighted by Crippen LogP contribution is 2.59. The van der Waals surface area contributed by atoms with E-state index in [-0.39, 0.29) is 0 Å². The lowest BCUT2D eigenvalue weighted by Gasteiger charge is -2.34. The molecule has 0 saturated heterocycles. The minimum atomic E-state index is -0.674. The van der Waals surface area contributed by atoms with E-state index in [1.807, 2.05) is 84.9 Å². The Hall–Kier alpha value is -7.48. The van der Waals surface area contributed by atoms with Gasteiger partial charge in [0.15, 0.2) is 17.5 Å². The Morgan fingerprint density at radius 1 is 0.382 bits per heavy atom. The van der Waals surface area contributed by atoms with Crippen molar-refractivity contribution in [3.05, 3.63) is 222 Å². The van der Waals surface area contributed by atoms with Crippen molar-refractivity contribution in [2.75, 3.05) is 0 Å². The van der Waals surface area contributed by atoms with Gasteiger partial charge in [-0.1, -0.05) is 170 Å². The van der Waals surface area contributed by atoms with Crippen molar-refractivity contribution in [1.29, 1.82) is 5.26 Å². The Kier molecular flexibility index (Phi) is 7.71. The summed E-state index contributed by atoms with van der Waals surface area (Å²) in [6.07, 6.45) is 0. The lowest BCUT2D eigenvalue weighted by atomic mass is 9.67. The van der Waals surface area contributed by atoms with Gasteiger partial charge in [0.2, 0.25) is 0 Å². The fraction of sp³-hybridized carbons (Fsp3) is 0.0196. The van der Waals surface area contributed by atoms with Crippen molar-refractivity contribution < 1.29 is 0 Å². The molecule has 1 aromatic heterocycles. The van der Waals surface area contributed by atoms with Crippen LogP contribution in [0.25, 0.3) is 67.2 Å². The first-order valence-electron chi connectivity index (χ1n) is 18.4. The summed E-state index contributed by atoms with van der Waals surface area (Å²) in [5, 5.41) is 11.7. The van der Waals surface area contributed by atoms with E-state index in [0.717, 1.165) is 38.6 Å². The Morgan fingerprint density at radius 2 is 0.873 bits per heavy atom. The third-order valence-electron chi connectivity index (χ3n) is 10.8. The number of hydrogen-bond donors (Lipinski definition) is 0. The van der Waals surface area contributed by atoms with Crippen LogP contribution in [0.4, 0.5) is 0 Å². The normalized spacial score (nSPS) is 12.5. The number of nitriles is 1. The molecule has 0 atom stereocenters. The highest BCUT2D eigenvalue weighted by Gasteiger charge is 2.47. The average Bonchev–Trinajstić information content (AvgIpc) is 3.57. The predicted octanol–water partition coefficient (Wildman–Crippen LogP) is 11.9. The van der Waals surface area contributed by atoms with Crippen LogP contribution in [-0.2, 0) is 5.41 Å². The summed E-state index contributed by atoms with van der Waals surface area (Å²) < 4.78 is 0. The smallest absolute Gasteiger partial charge is 0.164 e. The predicted molar refractivity (Wildman–Crippen MR) is 221 cm³/mol. The average molecular weight is 701 g/mol. The van der Waals surface area contributed by atoms with Gasteiger partial charge in [-0.15, -0.1) is 0 Å². The fourth-order valence-corrected chi connectivity index (χ4v) is 8.37. The van der Waals surface area contributed by atoms with Gasteiger partial charge in [0.1, 0.15) is 0 Å². The maximum Gasteiger partial charge on any atom is 0.164 e. The van der Waals surface area contributed by atoms with E-state index >= 15 is 0 Å². The van der Waals surface area contributed by atoms with Crippen molar-refractivity contribution >= 4 is 10.8 Å². The zero-order valence-corrected chi connectivity index (χ0v) is 29.8. The molecule has 4 heteroatoms. The highest BCUT2D eigenvalue weighted by molar-refractivity contribution is 6.09. The van der Waals surface area contributed by atoms with Gasteiger partial charge in [0.25, 0.3) is 0 Å². The molecule has 8 aromatic carbocycles. The fourth-order valence-electron chi connectivity index (χ4n) is 8.37. The molecule has 256 valence electrons. The van der Waals surface area contributed by atoms with Crippen molar-refractivity contribution in [2.24, 2.45) is 0 Å². The van der Waals surface area contributed by atoms with E-state index in [1.165, 1.54) is 33.4 Å². The van der Waals surface area contributed by atoms with E-state index in [1.54, 1.807) is 0 Å². The van der Waals surface area contributed by atoms with E-state index in [4.69, 9.17) is 15.0 Å². The molecule has 1 aliphatic carbocycles. The molecule has 1 aliphatic rings. The summed E-state index contributed by atoms with van der Waals surface area (Å²) in [4.78, 5) is 15.5. The molecular weight excluding hydrogens is 669 g/mol. The van der Waals surface area contributed by atoms with Gasteiger partial charge in [-0.25, -0.2) is 15.0 Å². The standard InChI is InChI=1S/C51H32N4/c52-33-34-25-27-35(28-26-34)38-29-30-43-45(31-38)51(39-19-9-3-10-20-39,40-21-11-4-12-22-40)46-32-44(41-23-13-14-24-42(41)47(43)46)50-54-48(36-15-5-1-6-16-36)53-49(55-50)37-17-7-2-8-18-37/h1-32H. The molecule has 9 aromatic rings. The van der Waals surface area contributed by atoms with Crippen molar-refractivity contribution in [3.8, 4) is 62.5 Å². The van der Waals surface area contributed by atoms with Gasteiger partial charge in [0, 0.05) is 16.7 Å².